The molecule has 0 heterocycles. The van der Waals surface area contributed by atoms with Crippen LogP contribution in [0.15, 0.2) is 102 Å². The first-order valence-corrected chi connectivity index (χ1v) is 15.9. The van der Waals surface area contributed by atoms with E-state index in [1.165, 1.54) is 24.1 Å². The van der Waals surface area contributed by atoms with Crippen molar-refractivity contribution in [2.75, 3.05) is 17.9 Å². The standard InChI is InChI=1S/C32H30Cl3N3O4S/c1-22-17-25(33)15-16-29(22)38(43(41,42)27-11-7-4-8-12-27)21-31(39)37(20-24-13-14-26(34)19-28(24)35)30(32(40)36-2)18-23-9-5-3-6-10-23/h3-17,19,30H,18,20-21H2,1-2H3,(H,36,40)/t30-/m0/s1. The lowest BCUT2D eigenvalue weighted by Gasteiger charge is -2.34. The van der Waals surface area contributed by atoms with E-state index in [9.17, 15) is 18.0 Å². The Morgan fingerprint density at radius 2 is 1.44 bits per heavy atom. The van der Waals surface area contributed by atoms with Gasteiger partial charge in [0.25, 0.3) is 10.0 Å². The Morgan fingerprint density at radius 1 is 0.837 bits per heavy atom. The van der Waals surface area contributed by atoms with Gasteiger partial charge in [-0.3, -0.25) is 13.9 Å². The van der Waals surface area contributed by atoms with Gasteiger partial charge in [-0.05, 0) is 66.1 Å². The quantitative estimate of drug-likeness (QED) is 0.198. The Labute approximate surface area is 267 Å². The highest BCUT2D eigenvalue weighted by Crippen LogP contribution is 2.30. The van der Waals surface area contributed by atoms with Gasteiger partial charge in [0.05, 0.1) is 10.6 Å². The number of rotatable bonds is 11. The summed E-state index contributed by atoms with van der Waals surface area (Å²) in [6.07, 6.45) is 0.183. The van der Waals surface area contributed by atoms with Crippen LogP contribution >= 0.6 is 34.8 Å². The van der Waals surface area contributed by atoms with Crippen LogP contribution in [0.2, 0.25) is 15.1 Å². The summed E-state index contributed by atoms with van der Waals surface area (Å²) < 4.78 is 29.1. The third-order valence-electron chi connectivity index (χ3n) is 6.91. The van der Waals surface area contributed by atoms with Gasteiger partial charge in [-0.15, -0.1) is 0 Å². The summed E-state index contributed by atoms with van der Waals surface area (Å²) in [6, 6.07) is 25.7. The van der Waals surface area contributed by atoms with Crippen LogP contribution in [-0.2, 0) is 32.6 Å². The van der Waals surface area contributed by atoms with E-state index in [1.807, 2.05) is 30.3 Å². The van der Waals surface area contributed by atoms with Crippen molar-refractivity contribution in [1.29, 1.82) is 0 Å². The number of anilines is 1. The number of hydrogen-bond acceptors (Lipinski definition) is 4. The molecule has 0 saturated heterocycles. The van der Waals surface area contributed by atoms with Crippen LogP contribution in [0.1, 0.15) is 16.7 Å². The van der Waals surface area contributed by atoms with Crippen LogP contribution in [0.25, 0.3) is 0 Å². The Morgan fingerprint density at radius 3 is 2.05 bits per heavy atom. The summed E-state index contributed by atoms with van der Waals surface area (Å²) in [5, 5.41) is 3.80. The summed E-state index contributed by atoms with van der Waals surface area (Å²) in [4.78, 5) is 29.1. The Hall–Kier alpha value is -3.56. The van der Waals surface area contributed by atoms with Crippen molar-refractivity contribution in [2.45, 2.75) is 30.8 Å². The zero-order valence-corrected chi connectivity index (χ0v) is 26.6. The van der Waals surface area contributed by atoms with Gasteiger partial charge in [-0.2, -0.15) is 0 Å². The molecule has 0 aliphatic carbocycles. The predicted octanol–water partition coefficient (Wildman–Crippen LogP) is 6.54. The maximum atomic E-state index is 14.4. The highest BCUT2D eigenvalue weighted by atomic mass is 35.5. The molecule has 4 aromatic rings. The zero-order chi connectivity index (χ0) is 31.1. The zero-order valence-electron chi connectivity index (χ0n) is 23.5. The second-order valence-electron chi connectivity index (χ2n) is 9.83. The largest absolute Gasteiger partial charge is 0.357 e. The SMILES string of the molecule is CNC(=O)[C@H](Cc1ccccc1)N(Cc1ccc(Cl)cc1Cl)C(=O)CN(c1ccc(Cl)cc1C)S(=O)(=O)c1ccccc1. The van der Waals surface area contributed by atoms with E-state index in [0.717, 1.165) is 9.87 Å². The summed E-state index contributed by atoms with van der Waals surface area (Å²) >= 11 is 18.8. The lowest BCUT2D eigenvalue weighted by atomic mass is 10.0. The lowest BCUT2D eigenvalue weighted by Crippen LogP contribution is -2.53. The number of aryl methyl sites for hydroxylation is 1. The molecule has 0 saturated carbocycles. The van der Waals surface area contributed by atoms with Gasteiger partial charge >= 0.3 is 0 Å². The van der Waals surface area contributed by atoms with Gasteiger partial charge in [-0.1, -0.05) is 89.4 Å². The molecule has 4 rings (SSSR count). The van der Waals surface area contributed by atoms with Crippen LogP contribution in [0.5, 0.6) is 0 Å². The fourth-order valence-corrected chi connectivity index (χ4v) is 6.88. The van der Waals surface area contributed by atoms with E-state index in [2.05, 4.69) is 5.32 Å². The minimum atomic E-state index is -4.22. The molecule has 43 heavy (non-hydrogen) atoms. The van der Waals surface area contributed by atoms with Crippen LogP contribution in [-0.4, -0.2) is 44.8 Å². The molecule has 224 valence electrons. The normalized spacial score (nSPS) is 11.9. The van der Waals surface area contributed by atoms with Gasteiger partial charge in [-0.25, -0.2) is 8.42 Å². The molecule has 0 unspecified atom stereocenters. The number of nitrogens with one attached hydrogen (secondary N) is 1. The average molecular weight is 659 g/mol. The first-order valence-electron chi connectivity index (χ1n) is 13.3. The van der Waals surface area contributed by atoms with Gasteiger partial charge < -0.3 is 10.2 Å². The first-order chi connectivity index (χ1) is 20.5. The van der Waals surface area contributed by atoms with Gasteiger partial charge in [0.1, 0.15) is 12.6 Å². The number of amides is 2. The van der Waals surface area contributed by atoms with E-state index < -0.39 is 34.4 Å². The molecule has 1 atom stereocenters. The number of sulfonamides is 1. The molecule has 7 nitrogen and oxygen atoms in total. The molecule has 0 aromatic heterocycles. The monoisotopic (exact) mass is 657 g/mol. The lowest BCUT2D eigenvalue weighted by molar-refractivity contribution is -0.139. The highest BCUT2D eigenvalue weighted by molar-refractivity contribution is 7.92. The number of halogens is 3. The predicted molar refractivity (Wildman–Crippen MR) is 172 cm³/mol. The molecule has 4 aromatic carbocycles. The summed E-state index contributed by atoms with van der Waals surface area (Å²) in [7, 11) is -2.73. The molecule has 2 amide bonds. The number of likely N-dealkylation sites (N-methyl/N-ethyl adjacent to an activating group) is 1. The number of carbonyl (C=O) groups is 2. The summed E-state index contributed by atoms with van der Waals surface area (Å²) in [5.41, 5.74) is 2.20. The minimum Gasteiger partial charge on any atom is -0.357 e. The molecular weight excluding hydrogens is 629 g/mol. The van der Waals surface area contributed by atoms with Crippen molar-refractivity contribution in [3.63, 3.8) is 0 Å². The van der Waals surface area contributed by atoms with Crippen molar-refractivity contribution in [3.8, 4) is 0 Å². The molecule has 0 aliphatic rings. The molecule has 0 fully saturated rings. The van der Waals surface area contributed by atoms with Crippen molar-refractivity contribution in [3.05, 3.63) is 129 Å². The third-order valence-corrected chi connectivity index (χ3v) is 9.51. The van der Waals surface area contributed by atoms with Crippen molar-refractivity contribution >= 4 is 62.3 Å². The second kappa shape index (κ2) is 14.3. The van der Waals surface area contributed by atoms with E-state index in [-0.39, 0.29) is 23.5 Å². The molecule has 11 heteroatoms. The van der Waals surface area contributed by atoms with E-state index in [0.29, 0.717) is 26.2 Å². The van der Waals surface area contributed by atoms with E-state index >= 15 is 0 Å². The van der Waals surface area contributed by atoms with Crippen LogP contribution in [0.4, 0.5) is 5.69 Å². The fraction of sp³-hybridized carbons (Fsp3) is 0.188. The number of benzene rings is 4. The van der Waals surface area contributed by atoms with Crippen LogP contribution in [0, 0.1) is 6.92 Å². The average Bonchev–Trinajstić information content (AvgIpc) is 2.99. The fourth-order valence-electron chi connectivity index (χ4n) is 4.69. The third kappa shape index (κ3) is 7.89. The molecule has 1 N–H and O–H groups in total. The maximum absolute atomic E-state index is 14.4. The Bertz CT molecular complexity index is 1700. The highest BCUT2D eigenvalue weighted by Gasteiger charge is 2.35. The molecule has 0 spiro atoms. The number of carbonyl (C=O) groups excluding carboxylic acids is 2. The molecule has 0 aliphatic heterocycles. The first kappa shape index (κ1) is 32.4. The summed E-state index contributed by atoms with van der Waals surface area (Å²) in [5.74, 6) is -1.02. The van der Waals surface area contributed by atoms with Gasteiger partial charge in [0, 0.05) is 35.1 Å². The molecule has 0 bridgehead atoms. The number of hydrogen-bond donors (Lipinski definition) is 1. The topological polar surface area (TPSA) is 86.8 Å². The van der Waals surface area contributed by atoms with Crippen molar-refractivity contribution in [1.82, 2.24) is 10.2 Å². The summed E-state index contributed by atoms with van der Waals surface area (Å²) in [6.45, 7) is 1.05. The number of nitrogens with zero attached hydrogens (tertiary/aromatic N) is 2. The molecular formula is C32H30Cl3N3O4S. The van der Waals surface area contributed by atoms with Crippen LogP contribution < -0.4 is 9.62 Å². The van der Waals surface area contributed by atoms with E-state index in [4.69, 9.17) is 34.8 Å². The second-order valence-corrected chi connectivity index (χ2v) is 13.0. The Kier molecular flexibility index (Phi) is 10.7. The van der Waals surface area contributed by atoms with Crippen LogP contribution in [0.3, 0.4) is 0 Å². The van der Waals surface area contributed by atoms with Crippen molar-refractivity contribution in [2.24, 2.45) is 0 Å². The molecule has 0 radical (unpaired) electrons. The van der Waals surface area contributed by atoms with E-state index in [1.54, 1.807) is 61.5 Å². The Balaban J connectivity index is 1.82. The smallest absolute Gasteiger partial charge is 0.264 e. The van der Waals surface area contributed by atoms with Gasteiger partial charge in [0.2, 0.25) is 11.8 Å². The van der Waals surface area contributed by atoms with Gasteiger partial charge in [0.15, 0.2) is 0 Å². The van der Waals surface area contributed by atoms with Crippen molar-refractivity contribution < 1.29 is 18.0 Å². The minimum absolute atomic E-state index is 0.0107. The maximum Gasteiger partial charge on any atom is 0.264 e.